The smallest absolute Gasteiger partial charge is 0.241 e. The van der Waals surface area contributed by atoms with Crippen molar-refractivity contribution < 1.29 is 18.6 Å². The van der Waals surface area contributed by atoms with E-state index in [1.54, 1.807) is 18.2 Å². The van der Waals surface area contributed by atoms with E-state index >= 15 is 0 Å². The van der Waals surface area contributed by atoms with Crippen molar-refractivity contribution in [2.75, 3.05) is 0 Å². The Hall–Kier alpha value is -1.79. The predicted octanol–water partition coefficient (Wildman–Crippen LogP) is 0.898. The van der Waals surface area contributed by atoms with E-state index in [0.717, 1.165) is 6.07 Å². The van der Waals surface area contributed by atoms with Gasteiger partial charge in [-0.3, -0.25) is 0 Å². The Kier molecular flexibility index (Phi) is 2.25. The van der Waals surface area contributed by atoms with Crippen molar-refractivity contribution in [3.05, 3.63) is 30.3 Å². The first-order valence-corrected chi connectivity index (χ1v) is 5.92. The molecular formula is C10H9NO4S. The quantitative estimate of drug-likeness (QED) is 0.643. The van der Waals surface area contributed by atoms with Crippen molar-refractivity contribution in [2.24, 2.45) is 5.14 Å². The number of aromatic hydroxyl groups is 2. The molecule has 16 heavy (non-hydrogen) atoms. The van der Waals surface area contributed by atoms with E-state index in [9.17, 15) is 18.6 Å². The van der Waals surface area contributed by atoms with Gasteiger partial charge in [0.05, 0.1) is 0 Å². The third kappa shape index (κ3) is 1.58. The normalized spacial score (nSPS) is 11.8. The number of nitrogens with two attached hydrogens (primary N) is 1. The van der Waals surface area contributed by atoms with Gasteiger partial charge in [0.15, 0.2) is 0 Å². The van der Waals surface area contributed by atoms with Crippen LogP contribution in [0.15, 0.2) is 35.2 Å². The van der Waals surface area contributed by atoms with Gasteiger partial charge < -0.3 is 10.2 Å². The maximum Gasteiger partial charge on any atom is 0.241 e. The lowest BCUT2D eigenvalue weighted by atomic mass is 10.1. The zero-order valence-corrected chi connectivity index (χ0v) is 8.90. The number of sulfonamides is 1. The molecule has 0 aliphatic rings. The van der Waals surface area contributed by atoms with E-state index in [-0.39, 0.29) is 11.1 Å². The molecule has 2 aromatic carbocycles. The third-order valence-corrected chi connectivity index (χ3v) is 3.19. The fourth-order valence-corrected chi connectivity index (χ4v) is 2.19. The van der Waals surface area contributed by atoms with Crippen molar-refractivity contribution in [1.29, 1.82) is 0 Å². The summed E-state index contributed by atoms with van der Waals surface area (Å²) in [4.78, 5) is -0.483. The molecule has 0 spiro atoms. The van der Waals surface area contributed by atoms with Crippen LogP contribution < -0.4 is 5.14 Å². The minimum Gasteiger partial charge on any atom is -0.507 e. The average molecular weight is 239 g/mol. The van der Waals surface area contributed by atoms with Crippen LogP contribution in [0.2, 0.25) is 0 Å². The van der Waals surface area contributed by atoms with Crippen molar-refractivity contribution >= 4 is 20.8 Å². The summed E-state index contributed by atoms with van der Waals surface area (Å²) >= 11 is 0. The summed E-state index contributed by atoms with van der Waals surface area (Å²) in [5, 5.41) is 24.9. The zero-order chi connectivity index (χ0) is 11.9. The molecule has 0 saturated carbocycles. The van der Waals surface area contributed by atoms with Gasteiger partial charge in [0.2, 0.25) is 10.0 Å². The van der Waals surface area contributed by atoms with Gasteiger partial charge in [-0.2, -0.15) is 0 Å². The first-order chi connectivity index (χ1) is 7.41. The highest BCUT2D eigenvalue weighted by Crippen LogP contribution is 2.36. The molecule has 4 N–H and O–H groups in total. The summed E-state index contributed by atoms with van der Waals surface area (Å²) in [6.45, 7) is 0. The summed E-state index contributed by atoms with van der Waals surface area (Å²) in [7, 11) is -4.06. The van der Waals surface area contributed by atoms with Gasteiger partial charge in [0.1, 0.15) is 16.4 Å². The topological polar surface area (TPSA) is 101 Å². The molecule has 2 rings (SSSR count). The number of primary sulfonamides is 1. The first-order valence-electron chi connectivity index (χ1n) is 4.38. The lowest BCUT2D eigenvalue weighted by Gasteiger charge is -2.07. The summed E-state index contributed by atoms with van der Waals surface area (Å²) in [5.74, 6) is -0.687. The molecule has 0 saturated heterocycles. The van der Waals surface area contributed by atoms with E-state index in [1.807, 2.05) is 0 Å². The maximum atomic E-state index is 11.2. The molecule has 84 valence electrons. The highest BCUT2D eigenvalue weighted by molar-refractivity contribution is 7.89. The number of fused-ring (bicyclic) bond motifs is 1. The van der Waals surface area contributed by atoms with Crippen LogP contribution in [0.25, 0.3) is 10.8 Å². The molecule has 6 heteroatoms. The SMILES string of the molecule is NS(=O)(=O)c1cc(O)c2ccccc2c1O. The summed E-state index contributed by atoms with van der Waals surface area (Å²) in [6, 6.07) is 7.29. The second-order valence-corrected chi connectivity index (χ2v) is 4.86. The van der Waals surface area contributed by atoms with Crippen molar-refractivity contribution in [2.45, 2.75) is 4.90 Å². The number of phenolic OH excluding ortho intramolecular Hbond substituents is 2. The number of rotatable bonds is 1. The lowest BCUT2D eigenvalue weighted by molar-refractivity contribution is 0.454. The summed E-state index contributed by atoms with van der Waals surface area (Å²) in [5.41, 5.74) is 0. The van der Waals surface area contributed by atoms with Gasteiger partial charge in [-0.15, -0.1) is 0 Å². The monoisotopic (exact) mass is 239 g/mol. The molecular weight excluding hydrogens is 230 g/mol. The molecule has 0 aromatic heterocycles. The second kappa shape index (κ2) is 3.36. The molecule has 0 fully saturated rings. The van der Waals surface area contributed by atoms with Crippen LogP contribution in [-0.2, 0) is 10.0 Å². The van der Waals surface area contributed by atoms with Crippen LogP contribution in [0.5, 0.6) is 11.5 Å². The van der Waals surface area contributed by atoms with Gasteiger partial charge in [0.25, 0.3) is 0 Å². The Balaban J connectivity index is 2.97. The fourth-order valence-electron chi connectivity index (χ4n) is 1.53. The van der Waals surface area contributed by atoms with E-state index in [2.05, 4.69) is 0 Å². The van der Waals surface area contributed by atoms with E-state index in [1.165, 1.54) is 6.07 Å². The molecule has 0 bridgehead atoms. The first kappa shape index (κ1) is 10.7. The van der Waals surface area contributed by atoms with Crippen molar-refractivity contribution in [3.63, 3.8) is 0 Å². The lowest BCUT2D eigenvalue weighted by Crippen LogP contribution is -2.12. The Bertz CT molecular complexity index is 664. The molecule has 0 amide bonds. The predicted molar refractivity (Wildman–Crippen MR) is 58.7 cm³/mol. The average Bonchev–Trinajstić information content (AvgIpc) is 2.22. The number of hydrogen-bond donors (Lipinski definition) is 3. The van der Waals surface area contributed by atoms with Gasteiger partial charge >= 0.3 is 0 Å². The van der Waals surface area contributed by atoms with Gasteiger partial charge in [-0.1, -0.05) is 24.3 Å². The maximum absolute atomic E-state index is 11.2. The summed E-state index contributed by atoms with van der Waals surface area (Å²) in [6.07, 6.45) is 0. The fraction of sp³-hybridized carbons (Fsp3) is 0. The third-order valence-electron chi connectivity index (χ3n) is 2.27. The Morgan fingerprint density at radius 3 is 2.19 bits per heavy atom. The number of benzene rings is 2. The minimum atomic E-state index is -4.06. The minimum absolute atomic E-state index is 0.238. The Morgan fingerprint density at radius 1 is 1.06 bits per heavy atom. The standard InChI is InChI=1S/C10H9NO4S/c11-16(14,15)9-5-8(12)6-3-1-2-4-7(6)10(9)13/h1-5,12-13H,(H2,11,14,15). The molecule has 0 atom stereocenters. The van der Waals surface area contributed by atoms with E-state index in [4.69, 9.17) is 5.14 Å². The molecule has 2 aromatic rings. The Morgan fingerprint density at radius 2 is 1.62 bits per heavy atom. The van der Waals surface area contributed by atoms with Crippen molar-refractivity contribution in [1.82, 2.24) is 0 Å². The van der Waals surface area contributed by atoms with Gasteiger partial charge in [-0.05, 0) is 0 Å². The molecule has 0 aliphatic carbocycles. The Labute approximate surface area is 91.8 Å². The molecule has 5 nitrogen and oxygen atoms in total. The van der Waals surface area contributed by atoms with Gasteiger partial charge in [0, 0.05) is 16.8 Å². The number of phenols is 2. The van der Waals surface area contributed by atoms with Crippen molar-refractivity contribution in [3.8, 4) is 11.5 Å². The highest BCUT2D eigenvalue weighted by Gasteiger charge is 2.18. The second-order valence-electron chi connectivity index (χ2n) is 3.33. The molecule has 0 aliphatic heterocycles. The van der Waals surface area contributed by atoms with E-state index in [0.29, 0.717) is 5.39 Å². The molecule has 0 radical (unpaired) electrons. The van der Waals surface area contributed by atoms with E-state index < -0.39 is 20.7 Å². The van der Waals surface area contributed by atoms with Crippen LogP contribution in [0, 0.1) is 0 Å². The highest BCUT2D eigenvalue weighted by atomic mass is 32.2. The largest absolute Gasteiger partial charge is 0.507 e. The summed E-state index contributed by atoms with van der Waals surface area (Å²) < 4.78 is 22.3. The van der Waals surface area contributed by atoms with Gasteiger partial charge in [-0.25, -0.2) is 13.6 Å². The van der Waals surface area contributed by atoms with Crippen LogP contribution in [0.4, 0.5) is 0 Å². The van der Waals surface area contributed by atoms with Crippen LogP contribution >= 0.6 is 0 Å². The molecule has 0 heterocycles. The number of hydrogen-bond acceptors (Lipinski definition) is 4. The van der Waals surface area contributed by atoms with Crippen LogP contribution in [0.3, 0.4) is 0 Å². The van der Waals surface area contributed by atoms with Crippen LogP contribution in [0.1, 0.15) is 0 Å². The molecule has 0 unspecified atom stereocenters. The van der Waals surface area contributed by atoms with Crippen LogP contribution in [-0.4, -0.2) is 18.6 Å². The zero-order valence-electron chi connectivity index (χ0n) is 8.08.